The fourth-order valence-corrected chi connectivity index (χ4v) is 2.48. The molecule has 1 atom stereocenters. The summed E-state index contributed by atoms with van der Waals surface area (Å²) >= 11 is 5.70. The number of carbonyl (C=O) groups excluding carboxylic acids is 1. The summed E-state index contributed by atoms with van der Waals surface area (Å²) in [5.74, 6) is 0. The third kappa shape index (κ3) is 2.27. The Kier molecular flexibility index (Phi) is 3.10. The topological polar surface area (TPSA) is 29.1 Å². The molecule has 1 heterocycles. The van der Waals surface area contributed by atoms with Gasteiger partial charge in [-0.05, 0) is 28.8 Å². The average molecular weight is 270 g/mol. The molecular formula is C16H12ClNO. The first-order valence-electron chi connectivity index (χ1n) is 6.08. The van der Waals surface area contributed by atoms with E-state index in [1.165, 1.54) is 0 Å². The normalized spacial score (nSPS) is 20.7. The van der Waals surface area contributed by atoms with Crippen molar-refractivity contribution in [2.75, 3.05) is 0 Å². The molecule has 1 aromatic rings. The second kappa shape index (κ2) is 4.90. The Morgan fingerprint density at radius 3 is 2.68 bits per heavy atom. The van der Waals surface area contributed by atoms with Crippen LogP contribution in [0, 0.1) is 0 Å². The fourth-order valence-electron chi connectivity index (χ4n) is 2.32. The van der Waals surface area contributed by atoms with Crippen molar-refractivity contribution in [1.82, 2.24) is 5.32 Å². The van der Waals surface area contributed by atoms with Crippen LogP contribution in [0.3, 0.4) is 0 Å². The summed E-state index contributed by atoms with van der Waals surface area (Å²) < 4.78 is 0. The van der Waals surface area contributed by atoms with E-state index >= 15 is 0 Å². The van der Waals surface area contributed by atoms with Gasteiger partial charge in [-0.15, -0.1) is 0 Å². The average Bonchev–Trinajstić information content (AvgIpc) is 2.47. The molecule has 94 valence electrons. The Hall–Kier alpha value is -2.06. The molecule has 2 aliphatic rings. The number of fused-ring (bicyclic) bond motifs is 1. The number of nitrogens with one attached hydrogen (secondary N) is 1. The fraction of sp³-hybridized carbons (Fsp3) is 0.0625. The summed E-state index contributed by atoms with van der Waals surface area (Å²) in [6.45, 7) is 0. The number of rotatable bonds is 2. The molecule has 1 N–H and O–H groups in total. The molecule has 2 nitrogen and oxygen atoms in total. The molecular weight excluding hydrogens is 258 g/mol. The molecule has 0 spiro atoms. The maximum absolute atomic E-state index is 11.6. The summed E-state index contributed by atoms with van der Waals surface area (Å²) in [4.78, 5) is 11.6. The SMILES string of the molecule is O=C(Cl)C1=C2C=CC=CC2NC(c2ccccc2)=C1. The molecule has 0 saturated carbocycles. The Morgan fingerprint density at radius 2 is 1.95 bits per heavy atom. The lowest BCUT2D eigenvalue weighted by molar-refractivity contribution is -0.108. The first-order chi connectivity index (χ1) is 9.25. The van der Waals surface area contributed by atoms with Crippen LogP contribution in [0.15, 0.2) is 71.9 Å². The standard InChI is InChI=1S/C16H12ClNO/c17-16(19)13-10-15(11-6-2-1-3-7-11)18-14-9-5-4-8-12(13)14/h1-10,14,18H. The zero-order valence-electron chi connectivity index (χ0n) is 10.1. The number of halogens is 1. The van der Waals surface area contributed by atoms with Crippen molar-refractivity contribution in [3.63, 3.8) is 0 Å². The van der Waals surface area contributed by atoms with E-state index in [-0.39, 0.29) is 6.04 Å². The second-order valence-electron chi connectivity index (χ2n) is 4.43. The van der Waals surface area contributed by atoms with E-state index in [0.717, 1.165) is 16.8 Å². The summed E-state index contributed by atoms with van der Waals surface area (Å²) in [7, 11) is 0. The van der Waals surface area contributed by atoms with E-state index in [1.54, 1.807) is 0 Å². The molecule has 1 aliphatic heterocycles. The molecule has 3 rings (SSSR count). The van der Waals surface area contributed by atoms with E-state index in [0.29, 0.717) is 5.57 Å². The van der Waals surface area contributed by atoms with Crippen molar-refractivity contribution < 1.29 is 4.79 Å². The van der Waals surface area contributed by atoms with Crippen LogP contribution < -0.4 is 5.32 Å². The van der Waals surface area contributed by atoms with Crippen LogP contribution in [0.25, 0.3) is 5.70 Å². The van der Waals surface area contributed by atoms with Gasteiger partial charge in [0.15, 0.2) is 0 Å². The van der Waals surface area contributed by atoms with E-state index in [4.69, 9.17) is 11.6 Å². The minimum Gasteiger partial charge on any atom is -0.374 e. The van der Waals surface area contributed by atoms with E-state index in [1.807, 2.05) is 60.7 Å². The maximum atomic E-state index is 11.6. The molecule has 3 heteroatoms. The quantitative estimate of drug-likeness (QED) is 0.836. The van der Waals surface area contributed by atoms with Crippen LogP contribution in [-0.4, -0.2) is 11.3 Å². The Balaban J connectivity index is 2.10. The van der Waals surface area contributed by atoms with Crippen LogP contribution in [0.2, 0.25) is 0 Å². The zero-order valence-corrected chi connectivity index (χ0v) is 10.9. The first-order valence-corrected chi connectivity index (χ1v) is 6.46. The maximum Gasteiger partial charge on any atom is 0.252 e. The Labute approximate surface area is 116 Å². The van der Waals surface area contributed by atoms with Crippen LogP contribution >= 0.6 is 11.6 Å². The van der Waals surface area contributed by atoms with Gasteiger partial charge in [0.05, 0.1) is 6.04 Å². The van der Waals surface area contributed by atoms with Crippen LogP contribution in [0.1, 0.15) is 5.56 Å². The molecule has 0 fully saturated rings. The lowest BCUT2D eigenvalue weighted by Crippen LogP contribution is -2.32. The predicted molar refractivity (Wildman–Crippen MR) is 77.5 cm³/mol. The predicted octanol–water partition coefficient (Wildman–Crippen LogP) is 3.19. The highest BCUT2D eigenvalue weighted by Crippen LogP contribution is 2.28. The minimum atomic E-state index is -0.421. The van der Waals surface area contributed by atoms with Crippen molar-refractivity contribution in [3.8, 4) is 0 Å². The van der Waals surface area contributed by atoms with Gasteiger partial charge in [-0.1, -0.05) is 54.6 Å². The monoisotopic (exact) mass is 269 g/mol. The van der Waals surface area contributed by atoms with Crippen molar-refractivity contribution in [2.24, 2.45) is 0 Å². The lowest BCUT2D eigenvalue weighted by Gasteiger charge is -2.27. The van der Waals surface area contributed by atoms with Crippen molar-refractivity contribution in [3.05, 3.63) is 77.4 Å². The molecule has 1 unspecified atom stereocenters. The Bertz CT molecular complexity index is 638. The van der Waals surface area contributed by atoms with Crippen LogP contribution in [0.5, 0.6) is 0 Å². The van der Waals surface area contributed by atoms with Crippen molar-refractivity contribution >= 4 is 22.5 Å². The van der Waals surface area contributed by atoms with Gasteiger partial charge in [-0.2, -0.15) is 0 Å². The van der Waals surface area contributed by atoms with Gasteiger partial charge >= 0.3 is 0 Å². The molecule has 1 aliphatic carbocycles. The molecule has 1 aromatic carbocycles. The molecule has 0 radical (unpaired) electrons. The zero-order chi connectivity index (χ0) is 13.2. The van der Waals surface area contributed by atoms with Gasteiger partial charge in [0.2, 0.25) is 0 Å². The summed E-state index contributed by atoms with van der Waals surface area (Å²) in [6, 6.07) is 9.91. The highest BCUT2D eigenvalue weighted by molar-refractivity contribution is 6.68. The van der Waals surface area contributed by atoms with Crippen LogP contribution in [0.4, 0.5) is 0 Å². The molecule has 19 heavy (non-hydrogen) atoms. The summed E-state index contributed by atoms with van der Waals surface area (Å²) in [5.41, 5.74) is 3.44. The molecule has 0 saturated heterocycles. The van der Waals surface area contributed by atoms with E-state index < -0.39 is 5.24 Å². The van der Waals surface area contributed by atoms with Gasteiger partial charge in [-0.25, -0.2) is 0 Å². The van der Waals surface area contributed by atoms with Crippen molar-refractivity contribution in [2.45, 2.75) is 6.04 Å². The number of carbonyl (C=O) groups is 1. The van der Waals surface area contributed by atoms with Crippen LogP contribution in [-0.2, 0) is 4.79 Å². The molecule has 0 bridgehead atoms. The largest absolute Gasteiger partial charge is 0.374 e. The highest BCUT2D eigenvalue weighted by Gasteiger charge is 2.24. The third-order valence-corrected chi connectivity index (χ3v) is 3.44. The third-order valence-electron chi connectivity index (χ3n) is 3.23. The number of dihydropyridines is 1. The number of hydrogen-bond acceptors (Lipinski definition) is 2. The first kappa shape index (κ1) is 12.0. The van der Waals surface area contributed by atoms with E-state index in [2.05, 4.69) is 5.32 Å². The summed E-state index contributed by atoms with van der Waals surface area (Å²) in [5, 5.41) is 2.99. The lowest BCUT2D eigenvalue weighted by atomic mass is 9.91. The molecule has 0 aromatic heterocycles. The second-order valence-corrected chi connectivity index (χ2v) is 4.78. The smallest absolute Gasteiger partial charge is 0.252 e. The highest BCUT2D eigenvalue weighted by atomic mass is 35.5. The molecule has 0 amide bonds. The number of allylic oxidation sites excluding steroid dienone is 4. The van der Waals surface area contributed by atoms with Gasteiger partial charge in [0.1, 0.15) is 0 Å². The van der Waals surface area contributed by atoms with Gasteiger partial charge in [-0.3, -0.25) is 4.79 Å². The van der Waals surface area contributed by atoms with Gasteiger partial charge in [0.25, 0.3) is 5.24 Å². The van der Waals surface area contributed by atoms with Gasteiger partial charge in [0, 0.05) is 11.3 Å². The van der Waals surface area contributed by atoms with Crippen molar-refractivity contribution in [1.29, 1.82) is 0 Å². The number of hydrogen-bond donors (Lipinski definition) is 1. The summed E-state index contributed by atoms with van der Waals surface area (Å²) in [6.07, 6.45) is 9.64. The Morgan fingerprint density at radius 1 is 1.16 bits per heavy atom. The van der Waals surface area contributed by atoms with E-state index in [9.17, 15) is 4.79 Å². The van der Waals surface area contributed by atoms with Gasteiger partial charge < -0.3 is 5.32 Å². The minimum absolute atomic E-state index is 0.00269. The number of benzene rings is 1.